The molecule has 0 spiro atoms. The van der Waals surface area contributed by atoms with Gasteiger partial charge in [-0.25, -0.2) is 19.3 Å². The number of benzene rings is 1. The summed E-state index contributed by atoms with van der Waals surface area (Å²) < 4.78 is 25.0. The molecule has 0 amide bonds. The summed E-state index contributed by atoms with van der Waals surface area (Å²) >= 11 is 3.14. The number of ether oxygens (including phenoxy) is 2. The highest BCUT2D eigenvalue weighted by Gasteiger charge is 2.13. The number of halogens is 2. The summed E-state index contributed by atoms with van der Waals surface area (Å²) in [4.78, 5) is 23.8. The Kier molecular flexibility index (Phi) is 6.15. The first kappa shape index (κ1) is 19.7. The molecule has 3 rings (SSSR count). The predicted molar refractivity (Wildman–Crippen MR) is 104 cm³/mol. The van der Waals surface area contributed by atoms with Crippen LogP contribution >= 0.6 is 15.9 Å². The predicted octanol–water partition coefficient (Wildman–Crippen LogP) is 4.52. The number of carbonyl (C=O) groups is 1. The van der Waals surface area contributed by atoms with Gasteiger partial charge in [-0.05, 0) is 52.7 Å². The lowest BCUT2D eigenvalue weighted by molar-refractivity contribution is -0.134. The van der Waals surface area contributed by atoms with E-state index in [9.17, 15) is 9.18 Å². The Bertz CT molecular complexity index is 999. The molecule has 2 N–H and O–H groups in total. The molecule has 2 aromatic heterocycles. The van der Waals surface area contributed by atoms with Gasteiger partial charge in [0.05, 0.1) is 11.9 Å². The van der Waals surface area contributed by atoms with Gasteiger partial charge in [0.2, 0.25) is 0 Å². The summed E-state index contributed by atoms with van der Waals surface area (Å²) in [5.74, 6) is -0.735. The summed E-state index contributed by atoms with van der Waals surface area (Å²) in [7, 11) is 0. The fourth-order valence-electron chi connectivity index (χ4n) is 2.24. The van der Waals surface area contributed by atoms with Gasteiger partial charge in [0.15, 0.2) is 11.6 Å². The Hall–Kier alpha value is -3.07. The van der Waals surface area contributed by atoms with Crippen molar-refractivity contribution in [3.63, 3.8) is 0 Å². The maximum Gasteiger partial charge on any atom is 0.312 e. The molecule has 0 radical (unpaired) electrons. The van der Waals surface area contributed by atoms with Gasteiger partial charge in [0.1, 0.15) is 5.75 Å². The van der Waals surface area contributed by atoms with E-state index < -0.39 is 11.8 Å². The number of anilines is 1. The van der Waals surface area contributed by atoms with Crippen LogP contribution in [0.3, 0.4) is 0 Å². The molecular formula is C19H16BrFN4O3. The van der Waals surface area contributed by atoms with Crippen molar-refractivity contribution < 1.29 is 18.7 Å². The van der Waals surface area contributed by atoms with Crippen LogP contribution < -0.4 is 15.2 Å². The molecule has 2 heterocycles. The van der Waals surface area contributed by atoms with E-state index in [-0.39, 0.29) is 24.0 Å². The average Bonchev–Trinajstić information content (AvgIpc) is 2.67. The monoisotopic (exact) mass is 446 g/mol. The van der Waals surface area contributed by atoms with Crippen LogP contribution in [0.2, 0.25) is 0 Å². The molecule has 7 nitrogen and oxygen atoms in total. The second-order valence-electron chi connectivity index (χ2n) is 5.74. The molecule has 0 saturated carbocycles. The van der Waals surface area contributed by atoms with Crippen LogP contribution in [0, 0.1) is 5.82 Å². The van der Waals surface area contributed by atoms with Gasteiger partial charge in [-0.3, -0.25) is 4.79 Å². The van der Waals surface area contributed by atoms with Crippen LogP contribution in [-0.4, -0.2) is 20.9 Å². The molecule has 28 heavy (non-hydrogen) atoms. The van der Waals surface area contributed by atoms with E-state index in [2.05, 4.69) is 30.9 Å². The second-order valence-corrected chi connectivity index (χ2v) is 6.65. The smallest absolute Gasteiger partial charge is 0.312 e. The van der Waals surface area contributed by atoms with Crippen LogP contribution in [-0.2, 0) is 4.79 Å². The number of carbonyl (C=O) groups excluding carboxylic acids is 1. The fraction of sp³-hybridized carbons (Fsp3) is 0.158. The van der Waals surface area contributed by atoms with E-state index in [0.717, 1.165) is 0 Å². The zero-order valence-electron chi connectivity index (χ0n) is 14.9. The zero-order valence-corrected chi connectivity index (χ0v) is 16.4. The third-order valence-corrected chi connectivity index (χ3v) is 4.00. The normalized spacial score (nSPS) is 10.5. The summed E-state index contributed by atoms with van der Waals surface area (Å²) in [5.41, 5.74) is 6.89. The molecule has 0 aliphatic heterocycles. The highest BCUT2D eigenvalue weighted by molar-refractivity contribution is 9.10. The van der Waals surface area contributed by atoms with Crippen molar-refractivity contribution in [2.45, 2.75) is 19.8 Å². The van der Waals surface area contributed by atoms with Gasteiger partial charge in [0, 0.05) is 22.7 Å². The van der Waals surface area contributed by atoms with E-state index in [0.29, 0.717) is 27.9 Å². The lowest BCUT2D eigenvalue weighted by atomic mass is 10.1. The molecule has 9 heteroatoms. The van der Waals surface area contributed by atoms with E-state index >= 15 is 0 Å². The summed E-state index contributed by atoms with van der Waals surface area (Å²) in [6.45, 7) is 1.87. The number of hydrogen-bond donors (Lipinski definition) is 1. The minimum atomic E-state index is -0.582. The second kappa shape index (κ2) is 8.75. The fourth-order valence-corrected chi connectivity index (χ4v) is 2.54. The molecule has 3 aromatic rings. The number of aromatic nitrogens is 3. The van der Waals surface area contributed by atoms with Crippen molar-refractivity contribution in [3.8, 4) is 28.8 Å². The van der Waals surface area contributed by atoms with Crippen LogP contribution in [0.5, 0.6) is 17.5 Å². The molecule has 0 aliphatic rings. The number of nitrogen functional groups attached to an aromatic ring is 1. The lowest BCUT2D eigenvalue weighted by Gasteiger charge is -2.09. The highest BCUT2D eigenvalue weighted by atomic mass is 79.9. The SMILES string of the molecule is CCCC(=O)Oc1nc(-c2ccc(Oc3ncc(Br)cc3F)cc2)cnc1N. The van der Waals surface area contributed by atoms with Gasteiger partial charge in [0.25, 0.3) is 11.8 Å². The molecule has 0 atom stereocenters. The van der Waals surface area contributed by atoms with Crippen LogP contribution in [0.25, 0.3) is 11.3 Å². The van der Waals surface area contributed by atoms with Gasteiger partial charge in [-0.1, -0.05) is 6.92 Å². The number of pyridine rings is 1. The van der Waals surface area contributed by atoms with Crippen LogP contribution in [0.4, 0.5) is 10.2 Å². The molecule has 0 fully saturated rings. The van der Waals surface area contributed by atoms with Crippen molar-refractivity contribution in [1.29, 1.82) is 0 Å². The molecule has 1 aromatic carbocycles. The van der Waals surface area contributed by atoms with Gasteiger partial charge in [-0.2, -0.15) is 0 Å². The van der Waals surface area contributed by atoms with Gasteiger partial charge >= 0.3 is 5.97 Å². The third kappa shape index (κ3) is 4.80. The average molecular weight is 447 g/mol. The number of nitrogens with zero attached hydrogens (tertiary/aromatic N) is 3. The van der Waals surface area contributed by atoms with Crippen molar-refractivity contribution in [1.82, 2.24) is 15.0 Å². The van der Waals surface area contributed by atoms with E-state index in [1.165, 1.54) is 18.5 Å². The Morgan fingerprint density at radius 3 is 2.61 bits per heavy atom. The third-order valence-electron chi connectivity index (χ3n) is 3.57. The van der Waals surface area contributed by atoms with Crippen LogP contribution in [0.1, 0.15) is 19.8 Å². The molecule has 0 saturated heterocycles. The molecule has 0 bridgehead atoms. The minimum Gasteiger partial charge on any atom is -0.436 e. The maximum absolute atomic E-state index is 13.8. The van der Waals surface area contributed by atoms with E-state index in [1.54, 1.807) is 24.3 Å². The number of hydrogen-bond acceptors (Lipinski definition) is 7. The van der Waals surface area contributed by atoms with Crippen molar-refractivity contribution in [3.05, 3.63) is 53.0 Å². The first-order valence-corrected chi connectivity index (χ1v) is 9.18. The molecule has 0 aliphatic carbocycles. The van der Waals surface area contributed by atoms with Gasteiger partial charge in [-0.15, -0.1) is 0 Å². The molecule has 0 unspecified atom stereocenters. The topological polar surface area (TPSA) is 100 Å². The number of rotatable bonds is 6. The Morgan fingerprint density at radius 2 is 1.93 bits per heavy atom. The largest absolute Gasteiger partial charge is 0.436 e. The summed E-state index contributed by atoms with van der Waals surface area (Å²) in [5, 5.41) is 0. The van der Waals surface area contributed by atoms with Crippen molar-refractivity contribution in [2.24, 2.45) is 0 Å². The zero-order chi connectivity index (χ0) is 20.1. The number of esters is 1. The Labute approximate surface area is 168 Å². The number of nitrogens with two attached hydrogens (primary N) is 1. The van der Waals surface area contributed by atoms with Crippen LogP contribution in [0.15, 0.2) is 47.2 Å². The molecule has 144 valence electrons. The van der Waals surface area contributed by atoms with Crippen molar-refractivity contribution >= 4 is 27.7 Å². The first-order chi connectivity index (χ1) is 13.5. The summed E-state index contributed by atoms with van der Waals surface area (Å²) in [6.07, 6.45) is 3.83. The molecular weight excluding hydrogens is 431 g/mol. The van der Waals surface area contributed by atoms with Crippen molar-refractivity contribution in [2.75, 3.05) is 5.73 Å². The van der Waals surface area contributed by atoms with Gasteiger partial charge < -0.3 is 15.2 Å². The highest BCUT2D eigenvalue weighted by Crippen LogP contribution is 2.28. The summed E-state index contributed by atoms with van der Waals surface area (Å²) in [6, 6.07) is 7.97. The first-order valence-electron chi connectivity index (χ1n) is 8.38. The Morgan fingerprint density at radius 1 is 1.18 bits per heavy atom. The maximum atomic E-state index is 13.8. The van der Waals surface area contributed by atoms with E-state index in [1.807, 2.05) is 6.92 Å². The Balaban J connectivity index is 1.78. The van der Waals surface area contributed by atoms with E-state index in [4.69, 9.17) is 15.2 Å². The minimum absolute atomic E-state index is 0.0302. The quantitative estimate of drug-likeness (QED) is 0.555. The lowest BCUT2D eigenvalue weighted by Crippen LogP contribution is -2.11. The standard InChI is InChI=1S/C19H16BrFN4O3/c1-2-3-16(26)28-19-17(22)23-10-15(25-19)11-4-6-13(7-5-11)27-18-14(21)8-12(20)9-24-18/h4-10H,2-3H2,1H3,(H2,22,23).